The molecule has 0 N–H and O–H groups in total. The first-order chi connectivity index (χ1) is 8.70. The summed E-state index contributed by atoms with van der Waals surface area (Å²) in [6, 6.07) is 17.3. The van der Waals surface area contributed by atoms with E-state index in [1.165, 1.54) is 0 Å². The van der Waals surface area contributed by atoms with Gasteiger partial charge in [0, 0.05) is 9.50 Å². The second kappa shape index (κ2) is 5.86. The summed E-state index contributed by atoms with van der Waals surface area (Å²) in [5, 5.41) is 9.87. The smallest absolute Gasteiger partial charge is 0.0998 e. The lowest BCUT2D eigenvalue weighted by Gasteiger charge is -2.01. The minimum atomic E-state index is 0.593. The lowest BCUT2D eigenvalue weighted by molar-refractivity contribution is 1.52. The highest BCUT2D eigenvalue weighted by molar-refractivity contribution is 9.10. The monoisotopic (exact) mass is 317 g/mol. The van der Waals surface area contributed by atoms with Gasteiger partial charge in [-0.3, -0.25) is 0 Å². The van der Waals surface area contributed by atoms with Crippen LogP contribution in [0.1, 0.15) is 11.1 Å². The lowest BCUT2D eigenvalue weighted by atomic mass is 10.0. The summed E-state index contributed by atoms with van der Waals surface area (Å²) in [7, 11) is 0. The maximum absolute atomic E-state index is 9.23. The van der Waals surface area contributed by atoms with Crippen molar-refractivity contribution in [3.63, 3.8) is 0 Å². The number of halogens is 2. The first-order valence-corrected chi connectivity index (χ1v) is 6.50. The van der Waals surface area contributed by atoms with Crippen molar-refractivity contribution in [2.75, 3.05) is 0 Å². The highest BCUT2D eigenvalue weighted by atomic mass is 79.9. The van der Waals surface area contributed by atoms with E-state index in [0.29, 0.717) is 10.6 Å². The minimum absolute atomic E-state index is 0.593. The maximum atomic E-state index is 9.23. The molecule has 2 rings (SSSR count). The van der Waals surface area contributed by atoms with Crippen LogP contribution < -0.4 is 0 Å². The van der Waals surface area contributed by atoms with Gasteiger partial charge in [-0.2, -0.15) is 5.26 Å². The van der Waals surface area contributed by atoms with E-state index in [-0.39, 0.29) is 0 Å². The van der Waals surface area contributed by atoms with Crippen molar-refractivity contribution in [2.45, 2.75) is 0 Å². The molecule has 0 heterocycles. The highest BCUT2D eigenvalue weighted by Crippen LogP contribution is 2.23. The van der Waals surface area contributed by atoms with Crippen LogP contribution in [0, 0.1) is 11.3 Å². The minimum Gasteiger partial charge on any atom is -0.192 e. The Morgan fingerprint density at radius 1 is 1.11 bits per heavy atom. The zero-order valence-corrected chi connectivity index (χ0v) is 11.7. The molecule has 1 nitrogen and oxygen atoms in total. The zero-order chi connectivity index (χ0) is 13.0. The van der Waals surface area contributed by atoms with Crippen LogP contribution in [0.3, 0.4) is 0 Å². The Hall–Kier alpha value is -1.56. The molecule has 0 aliphatic rings. The fourth-order valence-electron chi connectivity index (χ4n) is 1.56. The van der Waals surface area contributed by atoms with Crippen molar-refractivity contribution in [1.82, 2.24) is 0 Å². The molecule has 3 heteroatoms. The van der Waals surface area contributed by atoms with Crippen molar-refractivity contribution < 1.29 is 0 Å². The van der Waals surface area contributed by atoms with Crippen LogP contribution in [-0.4, -0.2) is 0 Å². The molecule has 0 saturated heterocycles. The number of allylic oxidation sites excluding steroid dienone is 1. The van der Waals surface area contributed by atoms with Crippen molar-refractivity contribution in [2.24, 2.45) is 0 Å². The molecule has 0 aromatic heterocycles. The Balaban J connectivity index is 2.44. The summed E-state index contributed by atoms with van der Waals surface area (Å²) in [4.78, 5) is 0. The number of rotatable bonds is 2. The molecule has 0 saturated carbocycles. The fourth-order valence-corrected chi connectivity index (χ4v) is 2.01. The van der Waals surface area contributed by atoms with Crippen LogP contribution in [0.4, 0.5) is 0 Å². The maximum Gasteiger partial charge on any atom is 0.0998 e. The molecular weight excluding hydrogens is 310 g/mol. The predicted octanol–water partition coefficient (Wildman–Crippen LogP) is 5.17. The van der Waals surface area contributed by atoms with E-state index in [1.54, 1.807) is 6.08 Å². The second-order valence-electron chi connectivity index (χ2n) is 3.70. The molecule has 0 amide bonds. The van der Waals surface area contributed by atoms with Crippen LogP contribution in [-0.2, 0) is 0 Å². The Morgan fingerprint density at radius 2 is 1.78 bits per heavy atom. The van der Waals surface area contributed by atoms with E-state index < -0.39 is 0 Å². The van der Waals surface area contributed by atoms with E-state index in [0.717, 1.165) is 15.6 Å². The molecule has 2 aromatic rings. The standard InChI is InChI=1S/C15H9BrClN/c16-14-7-5-11(6-8-14)13(10-18)9-12-3-1-2-4-15(12)17/h1-9H/b13-9-. The topological polar surface area (TPSA) is 23.8 Å². The van der Waals surface area contributed by atoms with Crippen LogP contribution in [0.25, 0.3) is 11.6 Å². The van der Waals surface area contributed by atoms with Gasteiger partial charge >= 0.3 is 0 Å². The molecule has 0 aliphatic heterocycles. The quantitative estimate of drug-likeness (QED) is 0.554. The number of nitriles is 1. The average Bonchev–Trinajstić information content (AvgIpc) is 2.39. The summed E-state index contributed by atoms with van der Waals surface area (Å²) in [6.07, 6.45) is 1.80. The third kappa shape index (κ3) is 3.01. The van der Waals surface area contributed by atoms with E-state index >= 15 is 0 Å². The van der Waals surface area contributed by atoms with Crippen LogP contribution in [0.15, 0.2) is 53.0 Å². The van der Waals surface area contributed by atoms with E-state index in [4.69, 9.17) is 11.6 Å². The molecule has 2 aromatic carbocycles. The number of nitrogens with zero attached hydrogens (tertiary/aromatic N) is 1. The first kappa shape index (κ1) is 12.9. The largest absolute Gasteiger partial charge is 0.192 e. The van der Waals surface area contributed by atoms with Crippen molar-refractivity contribution in [1.29, 1.82) is 5.26 Å². The molecule has 0 fully saturated rings. The Kier molecular flexibility index (Phi) is 4.19. The third-order valence-electron chi connectivity index (χ3n) is 2.48. The van der Waals surface area contributed by atoms with Crippen LogP contribution >= 0.6 is 27.5 Å². The van der Waals surface area contributed by atoms with Gasteiger partial charge in [-0.1, -0.05) is 57.9 Å². The van der Waals surface area contributed by atoms with Crippen molar-refractivity contribution in [3.05, 3.63) is 69.2 Å². The first-order valence-electron chi connectivity index (χ1n) is 5.33. The molecule has 18 heavy (non-hydrogen) atoms. The van der Waals surface area contributed by atoms with E-state index in [1.807, 2.05) is 48.5 Å². The van der Waals surface area contributed by atoms with Gasteiger partial charge in [0.2, 0.25) is 0 Å². The SMILES string of the molecule is N#C/C(=C/c1ccccc1Cl)c1ccc(Br)cc1. The summed E-state index contributed by atoms with van der Waals surface area (Å²) in [5.41, 5.74) is 2.31. The highest BCUT2D eigenvalue weighted by Gasteiger charge is 2.02. The number of hydrogen-bond acceptors (Lipinski definition) is 1. The van der Waals surface area contributed by atoms with Gasteiger partial charge in [0.05, 0.1) is 11.6 Å². The van der Waals surface area contributed by atoms with E-state index in [2.05, 4.69) is 22.0 Å². The number of hydrogen-bond donors (Lipinski definition) is 0. The molecule has 0 radical (unpaired) electrons. The normalized spacial score (nSPS) is 11.1. The van der Waals surface area contributed by atoms with Gasteiger partial charge in [-0.15, -0.1) is 0 Å². The van der Waals surface area contributed by atoms with Gasteiger partial charge in [0.15, 0.2) is 0 Å². The molecule has 0 unspecified atom stereocenters. The Morgan fingerprint density at radius 3 is 2.39 bits per heavy atom. The molecule has 0 aliphatic carbocycles. The van der Waals surface area contributed by atoms with Crippen LogP contribution in [0.2, 0.25) is 5.02 Å². The van der Waals surface area contributed by atoms with Gasteiger partial charge in [0.1, 0.15) is 0 Å². The van der Waals surface area contributed by atoms with Gasteiger partial charge in [-0.05, 0) is 35.4 Å². The Bertz CT molecular complexity index is 624. The second-order valence-corrected chi connectivity index (χ2v) is 5.02. The van der Waals surface area contributed by atoms with Gasteiger partial charge in [0.25, 0.3) is 0 Å². The average molecular weight is 319 g/mol. The van der Waals surface area contributed by atoms with Gasteiger partial charge < -0.3 is 0 Å². The molecule has 0 spiro atoms. The number of benzene rings is 2. The molecular formula is C15H9BrClN. The summed E-state index contributed by atoms with van der Waals surface area (Å²) in [5.74, 6) is 0. The van der Waals surface area contributed by atoms with Crippen molar-refractivity contribution in [3.8, 4) is 6.07 Å². The predicted molar refractivity (Wildman–Crippen MR) is 79.1 cm³/mol. The summed E-state index contributed by atoms with van der Waals surface area (Å²) < 4.78 is 0.987. The molecule has 0 atom stereocenters. The van der Waals surface area contributed by atoms with E-state index in [9.17, 15) is 5.26 Å². The molecule has 88 valence electrons. The molecule has 0 bridgehead atoms. The third-order valence-corrected chi connectivity index (χ3v) is 3.35. The fraction of sp³-hybridized carbons (Fsp3) is 0. The lowest BCUT2D eigenvalue weighted by Crippen LogP contribution is -1.82. The summed E-state index contributed by atoms with van der Waals surface area (Å²) in [6.45, 7) is 0. The Labute approximate surface area is 119 Å². The van der Waals surface area contributed by atoms with Crippen molar-refractivity contribution >= 4 is 39.2 Å². The zero-order valence-electron chi connectivity index (χ0n) is 9.40. The summed E-state index contributed by atoms with van der Waals surface area (Å²) >= 11 is 9.45. The van der Waals surface area contributed by atoms with Crippen LogP contribution in [0.5, 0.6) is 0 Å². The van der Waals surface area contributed by atoms with Gasteiger partial charge in [-0.25, -0.2) is 0 Å².